The molecule has 28 heavy (non-hydrogen) atoms. The minimum absolute atomic E-state index is 0.274. The molecule has 5 rings (SSSR count). The van der Waals surface area contributed by atoms with Crippen molar-refractivity contribution >= 4 is 22.0 Å². The minimum atomic E-state index is -3.00. The van der Waals surface area contributed by atoms with Gasteiger partial charge in [0.1, 0.15) is 0 Å². The summed E-state index contributed by atoms with van der Waals surface area (Å²) in [6.45, 7) is 0. The van der Waals surface area contributed by atoms with Crippen LogP contribution >= 0.6 is 0 Å². The second-order valence-corrected chi connectivity index (χ2v) is 9.47. The Morgan fingerprint density at radius 1 is 0.821 bits per heavy atom. The van der Waals surface area contributed by atoms with Gasteiger partial charge in [0.15, 0.2) is 9.84 Å². The first-order chi connectivity index (χ1) is 13.5. The molecule has 4 nitrogen and oxygen atoms in total. The van der Waals surface area contributed by atoms with E-state index in [9.17, 15) is 8.42 Å². The molecule has 2 aromatic carbocycles. The molecule has 0 radical (unpaired) electrons. The van der Waals surface area contributed by atoms with Crippen LogP contribution in [0.2, 0.25) is 0 Å². The van der Waals surface area contributed by atoms with Crippen molar-refractivity contribution in [1.82, 2.24) is 9.97 Å². The maximum absolute atomic E-state index is 11.9. The van der Waals surface area contributed by atoms with Crippen LogP contribution in [0.1, 0.15) is 17.5 Å². The van der Waals surface area contributed by atoms with Gasteiger partial charge >= 0.3 is 0 Å². The fraction of sp³-hybridized carbons (Fsp3) is 0.217. The highest BCUT2D eigenvalue weighted by molar-refractivity contribution is 7.91. The smallest absolute Gasteiger partial charge is 0.150 e. The molecule has 2 aliphatic rings. The summed E-state index contributed by atoms with van der Waals surface area (Å²) in [6, 6.07) is 12.8. The van der Waals surface area contributed by atoms with Crippen LogP contribution in [0.5, 0.6) is 0 Å². The van der Waals surface area contributed by atoms with Gasteiger partial charge in [-0.25, -0.2) is 8.42 Å². The molecule has 1 atom stereocenters. The largest absolute Gasteiger partial charge is 0.262 e. The molecule has 1 heterocycles. The van der Waals surface area contributed by atoms with Gasteiger partial charge in [-0.2, -0.15) is 0 Å². The topological polar surface area (TPSA) is 59.9 Å². The predicted molar refractivity (Wildman–Crippen MR) is 111 cm³/mol. The standard InChI is InChI=1S/C19H18O2S.C4H4N2/c1-22(20,21)15-9-6-14-8-10-17-16-5-3-2-4-13(16)7-11-18(17)19(14)12-15;1-2-6-4-3-5-1/h2-8,10,15H,9,11-12H2,1H3;1-4H. The summed E-state index contributed by atoms with van der Waals surface area (Å²) >= 11 is 0. The van der Waals surface area contributed by atoms with E-state index in [0.29, 0.717) is 12.8 Å². The van der Waals surface area contributed by atoms with Crippen molar-refractivity contribution in [2.75, 3.05) is 6.26 Å². The van der Waals surface area contributed by atoms with E-state index < -0.39 is 9.84 Å². The number of aromatic nitrogens is 2. The first kappa shape index (κ1) is 18.6. The summed E-state index contributed by atoms with van der Waals surface area (Å²) in [4.78, 5) is 7.44. The molecule has 0 aliphatic heterocycles. The summed E-state index contributed by atoms with van der Waals surface area (Å²) in [5, 5.41) is 4.73. The van der Waals surface area contributed by atoms with E-state index in [2.05, 4.69) is 58.5 Å². The Balaban J connectivity index is 0.000000275. The molecular weight excluding hydrogens is 368 g/mol. The molecule has 0 saturated heterocycles. The molecule has 0 saturated carbocycles. The molecule has 0 fully saturated rings. The zero-order valence-corrected chi connectivity index (χ0v) is 16.6. The Bertz CT molecular complexity index is 1290. The maximum atomic E-state index is 11.9. The van der Waals surface area contributed by atoms with E-state index in [4.69, 9.17) is 0 Å². The van der Waals surface area contributed by atoms with E-state index in [1.54, 1.807) is 24.8 Å². The molecule has 3 aromatic rings. The third kappa shape index (κ3) is 3.76. The Morgan fingerprint density at radius 2 is 1.54 bits per heavy atom. The zero-order chi connectivity index (χ0) is 19.6. The highest BCUT2D eigenvalue weighted by Crippen LogP contribution is 2.21. The average molecular weight is 391 g/mol. The molecule has 1 aromatic heterocycles. The van der Waals surface area contributed by atoms with Crippen molar-refractivity contribution in [3.8, 4) is 0 Å². The third-order valence-corrected chi connectivity index (χ3v) is 6.93. The number of hydrogen-bond donors (Lipinski definition) is 0. The van der Waals surface area contributed by atoms with Crippen molar-refractivity contribution in [2.45, 2.75) is 24.5 Å². The molecule has 0 amide bonds. The van der Waals surface area contributed by atoms with Gasteiger partial charge in [-0.3, -0.25) is 9.97 Å². The highest BCUT2D eigenvalue weighted by Gasteiger charge is 2.25. The van der Waals surface area contributed by atoms with E-state index in [0.717, 1.165) is 6.42 Å². The minimum Gasteiger partial charge on any atom is -0.262 e. The lowest BCUT2D eigenvalue weighted by Crippen LogP contribution is -2.31. The lowest BCUT2D eigenvalue weighted by atomic mass is 9.89. The quantitative estimate of drug-likeness (QED) is 0.637. The van der Waals surface area contributed by atoms with E-state index >= 15 is 0 Å². The molecule has 0 bridgehead atoms. The SMILES string of the molecule is CS(=O)(=O)C1CC=c2ccc3c(c2C1)CC=c1ccccc1=3.c1cnccn1. The van der Waals surface area contributed by atoms with Crippen LogP contribution in [0.15, 0.2) is 61.2 Å². The van der Waals surface area contributed by atoms with Gasteiger partial charge in [-0.15, -0.1) is 0 Å². The van der Waals surface area contributed by atoms with Gasteiger partial charge in [0, 0.05) is 31.0 Å². The maximum Gasteiger partial charge on any atom is 0.150 e. The fourth-order valence-corrected chi connectivity index (χ4v) is 4.83. The van der Waals surface area contributed by atoms with Crippen LogP contribution in [-0.2, 0) is 22.7 Å². The molecule has 0 spiro atoms. The Labute approximate surface area is 164 Å². The van der Waals surface area contributed by atoms with Crippen LogP contribution in [0.4, 0.5) is 0 Å². The number of fused-ring (bicyclic) bond motifs is 4. The molecule has 142 valence electrons. The molecule has 0 N–H and O–H groups in total. The molecule has 1 unspecified atom stereocenters. The van der Waals surface area contributed by atoms with E-state index in [1.807, 2.05) is 0 Å². The summed E-state index contributed by atoms with van der Waals surface area (Å²) in [5.41, 5.74) is 2.53. The lowest BCUT2D eigenvalue weighted by molar-refractivity contribution is 0.583. The van der Waals surface area contributed by atoms with Gasteiger partial charge in [-0.1, -0.05) is 48.6 Å². The van der Waals surface area contributed by atoms with Gasteiger partial charge in [0.2, 0.25) is 0 Å². The normalized spacial score (nSPS) is 16.8. The number of nitrogens with zero attached hydrogens (tertiary/aromatic N) is 2. The number of sulfone groups is 1. The van der Waals surface area contributed by atoms with E-state index in [1.165, 1.54) is 38.3 Å². The van der Waals surface area contributed by atoms with Crippen molar-refractivity contribution in [3.63, 3.8) is 0 Å². The average Bonchev–Trinajstić information content (AvgIpc) is 2.74. The van der Waals surface area contributed by atoms with Crippen LogP contribution in [-0.4, -0.2) is 29.9 Å². The first-order valence-electron chi connectivity index (χ1n) is 9.33. The summed E-state index contributed by atoms with van der Waals surface area (Å²) < 4.78 is 23.9. The molecular formula is C23H22N2O2S. The molecule has 5 heteroatoms. The number of hydrogen-bond acceptors (Lipinski definition) is 4. The lowest BCUT2D eigenvalue weighted by Gasteiger charge is -2.22. The van der Waals surface area contributed by atoms with Crippen LogP contribution in [0.25, 0.3) is 12.2 Å². The predicted octanol–water partition coefficient (Wildman–Crippen LogP) is 1.93. The van der Waals surface area contributed by atoms with Gasteiger partial charge in [-0.05, 0) is 51.3 Å². The second kappa shape index (κ2) is 7.68. The van der Waals surface area contributed by atoms with Crippen molar-refractivity contribution in [2.24, 2.45) is 0 Å². The second-order valence-electron chi connectivity index (χ2n) is 7.14. The van der Waals surface area contributed by atoms with Crippen LogP contribution < -0.4 is 10.4 Å². The fourth-order valence-electron chi connectivity index (χ4n) is 3.91. The Hall–Kier alpha value is -2.79. The molecule has 2 aliphatic carbocycles. The van der Waals surface area contributed by atoms with Crippen LogP contribution in [0, 0.1) is 10.4 Å². The van der Waals surface area contributed by atoms with Crippen molar-refractivity contribution in [3.05, 3.63) is 93.2 Å². The van der Waals surface area contributed by atoms with Crippen molar-refractivity contribution < 1.29 is 8.42 Å². The zero-order valence-electron chi connectivity index (χ0n) is 15.7. The van der Waals surface area contributed by atoms with E-state index in [-0.39, 0.29) is 5.25 Å². The van der Waals surface area contributed by atoms with Crippen LogP contribution in [0.3, 0.4) is 0 Å². The summed E-state index contributed by atoms with van der Waals surface area (Å²) in [5.74, 6) is 0. The van der Waals surface area contributed by atoms with Crippen molar-refractivity contribution in [1.29, 1.82) is 0 Å². The Kier molecular flexibility index (Phi) is 5.09. The van der Waals surface area contributed by atoms with Gasteiger partial charge in [0.25, 0.3) is 0 Å². The first-order valence-corrected chi connectivity index (χ1v) is 11.3. The van der Waals surface area contributed by atoms with Gasteiger partial charge in [0.05, 0.1) is 5.25 Å². The number of benzene rings is 2. The van der Waals surface area contributed by atoms with Gasteiger partial charge < -0.3 is 0 Å². The summed E-state index contributed by atoms with van der Waals surface area (Å²) in [7, 11) is -3.00. The number of rotatable bonds is 1. The third-order valence-electron chi connectivity index (χ3n) is 5.36. The Morgan fingerprint density at radius 3 is 2.21 bits per heavy atom. The highest BCUT2D eigenvalue weighted by atomic mass is 32.2. The monoisotopic (exact) mass is 390 g/mol. The summed E-state index contributed by atoms with van der Waals surface area (Å²) in [6.07, 6.45) is 14.4.